The van der Waals surface area contributed by atoms with Crippen LogP contribution in [0.4, 0.5) is 0 Å². The fraction of sp³-hybridized carbons (Fsp3) is 0.368. The lowest BCUT2D eigenvalue weighted by atomic mass is 9.78. The molecule has 22 heavy (non-hydrogen) atoms. The zero-order chi connectivity index (χ0) is 15.8. The van der Waals surface area contributed by atoms with Gasteiger partial charge in [-0.3, -0.25) is 4.84 Å². The summed E-state index contributed by atoms with van der Waals surface area (Å²) < 4.78 is 0. The van der Waals surface area contributed by atoms with Gasteiger partial charge in [0.1, 0.15) is 0 Å². The first-order chi connectivity index (χ1) is 10.5. The second-order valence-electron chi connectivity index (χ2n) is 6.81. The molecule has 0 bridgehead atoms. The number of hydrogen-bond acceptors (Lipinski definition) is 3. The van der Waals surface area contributed by atoms with Gasteiger partial charge < -0.3 is 5.11 Å². The maximum absolute atomic E-state index is 10.2. The molecule has 0 radical (unpaired) electrons. The molecule has 0 amide bonds. The lowest BCUT2D eigenvalue weighted by molar-refractivity contribution is -0.440. The minimum atomic E-state index is -0.712. The van der Waals surface area contributed by atoms with E-state index in [1.54, 1.807) is 0 Å². The summed E-state index contributed by atoms with van der Waals surface area (Å²) in [7, 11) is 0. The van der Waals surface area contributed by atoms with Crippen LogP contribution in [0.15, 0.2) is 60.7 Å². The van der Waals surface area contributed by atoms with Crippen LogP contribution in [-0.4, -0.2) is 22.3 Å². The normalized spacial score (nSPS) is 25.7. The molecule has 3 heteroatoms. The smallest absolute Gasteiger partial charge is 0.160 e. The van der Waals surface area contributed by atoms with Crippen molar-refractivity contribution < 1.29 is 9.94 Å². The van der Waals surface area contributed by atoms with Crippen molar-refractivity contribution in [2.45, 2.75) is 38.0 Å². The Morgan fingerprint density at radius 1 is 1.00 bits per heavy atom. The predicted octanol–water partition coefficient (Wildman–Crippen LogP) is 3.66. The number of nitrogens with zero attached hydrogens (tertiary/aromatic N) is 1. The topological polar surface area (TPSA) is 32.7 Å². The summed E-state index contributed by atoms with van der Waals surface area (Å²) in [4.78, 5) is 6.18. The molecular weight excluding hydrogens is 274 g/mol. The van der Waals surface area contributed by atoms with Crippen LogP contribution >= 0.6 is 0 Å². The molecule has 3 rings (SSSR count). The van der Waals surface area contributed by atoms with Crippen molar-refractivity contribution >= 4 is 0 Å². The van der Waals surface area contributed by atoms with E-state index < -0.39 is 5.60 Å². The molecule has 0 saturated carbocycles. The highest BCUT2D eigenvalue weighted by Gasteiger charge is 2.59. The maximum atomic E-state index is 10.2. The molecule has 0 aromatic heterocycles. The van der Waals surface area contributed by atoms with Crippen molar-refractivity contribution in [3.05, 3.63) is 71.8 Å². The van der Waals surface area contributed by atoms with Crippen LogP contribution < -0.4 is 0 Å². The molecule has 2 aromatic carbocycles. The quantitative estimate of drug-likeness (QED) is 0.938. The van der Waals surface area contributed by atoms with Crippen molar-refractivity contribution in [2.75, 3.05) is 6.61 Å². The highest BCUT2D eigenvalue weighted by atomic mass is 16.7. The zero-order valence-corrected chi connectivity index (χ0v) is 13.4. The van der Waals surface area contributed by atoms with Crippen LogP contribution in [0.3, 0.4) is 0 Å². The van der Waals surface area contributed by atoms with Crippen LogP contribution in [0.1, 0.15) is 37.9 Å². The summed E-state index contributed by atoms with van der Waals surface area (Å²) >= 11 is 0. The standard InChI is InChI=1S/C19H23NO2/c1-18(2,3)20-17(15-10-6-4-7-11-15)19(14-21,22-20)16-12-8-5-9-13-16/h4-13,17,21H,14H2,1-3H3/t17-,19+/m1/s1. The largest absolute Gasteiger partial charge is 0.393 e. The van der Waals surface area contributed by atoms with Crippen LogP contribution in [-0.2, 0) is 10.4 Å². The molecule has 116 valence electrons. The van der Waals surface area contributed by atoms with Crippen LogP contribution in [0.25, 0.3) is 0 Å². The zero-order valence-electron chi connectivity index (χ0n) is 13.4. The van der Waals surface area contributed by atoms with E-state index in [0.29, 0.717) is 0 Å². The summed E-state index contributed by atoms with van der Waals surface area (Å²) in [6, 6.07) is 20.2. The Bertz CT molecular complexity index is 621. The van der Waals surface area contributed by atoms with Gasteiger partial charge in [-0.25, -0.2) is 0 Å². The van der Waals surface area contributed by atoms with Gasteiger partial charge in [0.05, 0.1) is 12.6 Å². The van der Waals surface area contributed by atoms with Crippen molar-refractivity contribution in [1.82, 2.24) is 5.06 Å². The number of rotatable bonds is 3. The van der Waals surface area contributed by atoms with Gasteiger partial charge in [-0.2, -0.15) is 5.06 Å². The van der Waals surface area contributed by atoms with E-state index in [4.69, 9.17) is 4.84 Å². The minimum Gasteiger partial charge on any atom is -0.393 e. The van der Waals surface area contributed by atoms with E-state index in [0.717, 1.165) is 11.1 Å². The highest BCUT2D eigenvalue weighted by Crippen LogP contribution is 2.54. The van der Waals surface area contributed by atoms with Gasteiger partial charge in [0.25, 0.3) is 0 Å². The van der Waals surface area contributed by atoms with Crippen molar-refractivity contribution in [3.63, 3.8) is 0 Å². The molecule has 3 nitrogen and oxygen atoms in total. The Kier molecular flexibility index (Phi) is 3.81. The SMILES string of the molecule is CC(C)(C)N1O[C@@](CO)(c2ccccc2)[C@H]1c1ccccc1. The van der Waals surface area contributed by atoms with E-state index in [1.165, 1.54) is 0 Å². The third-order valence-electron chi connectivity index (χ3n) is 4.21. The van der Waals surface area contributed by atoms with Crippen molar-refractivity contribution in [3.8, 4) is 0 Å². The molecule has 0 unspecified atom stereocenters. The molecule has 0 spiro atoms. The highest BCUT2D eigenvalue weighted by molar-refractivity contribution is 5.34. The Labute approximate surface area is 132 Å². The summed E-state index contributed by atoms with van der Waals surface area (Å²) in [5.41, 5.74) is 1.30. The number of hydroxylamine groups is 2. The molecule has 1 aliphatic heterocycles. The Morgan fingerprint density at radius 3 is 2.05 bits per heavy atom. The van der Waals surface area contributed by atoms with E-state index in [1.807, 2.05) is 53.6 Å². The number of hydrogen-bond donors (Lipinski definition) is 1. The lowest BCUT2D eigenvalue weighted by Crippen LogP contribution is -2.66. The Morgan fingerprint density at radius 2 is 1.55 bits per heavy atom. The lowest BCUT2D eigenvalue weighted by Gasteiger charge is -2.60. The maximum Gasteiger partial charge on any atom is 0.160 e. The van der Waals surface area contributed by atoms with Gasteiger partial charge in [-0.1, -0.05) is 60.7 Å². The van der Waals surface area contributed by atoms with Crippen molar-refractivity contribution in [2.24, 2.45) is 0 Å². The molecule has 1 saturated heterocycles. The molecule has 2 aromatic rings. The second-order valence-corrected chi connectivity index (χ2v) is 6.81. The van der Waals surface area contributed by atoms with Gasteiger partial charge >= 0.3 is 0 Å². The van der Waals surface area contributed by atoms with Crippen LogP contribution in [0, 0.1) is 0 Å². The molecule has 2 atom stereocenters. The van der Waals surface area contributed by atoms with Gasteiger partial charge in [0.15, 0.2) is 5.60 Å². The third-order valence-corrected chi connectivity index (χ3v) is 4.21. The molecule has 1 fully saturated rings. The molecular formula is C19H23NO2. The summed E-state index contributed by atoms with van der Waals surface area (Å²) in [6.45, 7) is 6.31. The second kappa shape index (κ2) is 5.51. The molecule has 0 aliphatic carbocycles. The van der Waals surface area contributed by atoms with Gasteiger partial charge in [0, 0.05) is 5.54 Å². The van der Waals surface area contributed by atoms with Crippen LogP contribution in [0.2, 0.25) is 0 Å². The fourth-order valence-electron chi connectivity index (χ4n) is 3.12. The van der Waals surface area contributed by atoms with Crippen molar-refractivity contribution in [1.29, 1.82) is 0 Å². The van der Waals surface area contributed by atoms with Gasteiger partial charge in [-0.05, 0) is 31.9 Å². The van der Waals surface area contributed by atoms with E-state index in [-0.39, 0.29) is 18.2 Å². The Balaban J connectivity index is 2.08. The fourth-order valence-corrected chi connectivity index (χ4v) is 3.12. The predicted molar refractivity (Wildman–Crippen MR) is 87.1 cm³/mol. The number of benzene rings is 2. The first-order valence-electron chi connectivity index (χ1n) is 7.69. The first kappa shape index (κ1) is 15.2. The summed E-state index contributed by atoms with van der Waals surface area (Å²) in [5.74, 6) is 0. The molecule has 1 aliphatic rings. The van der Waals surface area contributed by atoms with Gasteiger partial charge in [0.2, 0.25) is 0 Å². The Hall–Kier alpha value is -1.68. The number of aliphatic hydroxyl groups excluding tert-OH is 1. The average Bonchev–Trinajstić information content (AvgIpc) is 2.48. The summed E-state index contributed by atoms with van der Waals surface area (Å²) in [6.07, 6.45) is 0. The van der Waals surface area contributed by atoms with E-state index in [2.05, 4.69) is 32.9 Å². The third kappa shape index (κ3) is 2.35. The number of aliphatic hydroxyl groups is 1. The first-order valence-corrected chi connectivity index (χ1v) is 7.69. The van der Waals surface area contributed by atoms with E-state index in [9.17, 15) is 5.11 Å². The molecule has 1 N–H and O–H groups in total. The average molecular weight is 297 g/mol. The van der Waals surface area contributed by atoms with Crippen LogP contribution in [0.5, 0.6) is 0 Å². The minimum absolute atomic E-state index is 0.0129. The van der Waals surface area contributed by atoms with E-state index >= 15 is 0 Å². The summed E-state index contributed by atoms with van der Waals surface area (Å²) in [5, 5.41) is 12.1. The monoisotopic (exact) mass is 297 g/mol. The molecule has 1 heterocycles. The van der Waals surface area contributed by atoms with Gasteiger partial charge in [-0.15, -0.1) is 0 Å².